The van der Waals surface area contributed by atoms with Crippen LogP contribution in [0.4, 0.5) is 5.69 Å². The highest BCUT2D eigenvalue weighted by atomic mass is 16.5. The van der Waals surface area contributed by atoms with Crippen molar-refractivity contribution < 1.29 is 4.74 Å². The molecule has 1 atom stereocenters. The van der Waals surface area contributed by atoms with E-state index >= 15 is 0 Å². The second-order valence-electron chi connectivity index (χ2n) is 8.32. The van der Waals surface area contributed by atoms with Crippen molar-refractivity contribution in [2.24, 2.45) is 0 Å². The van der Waals surface area contributed by atoms with Gasteiger partial charge in [-0.1, -0.05) is 36.8 Å². The molecule has 6 heteroatoms. The normalized spacial score (nSPS) is 17.1. The Hall–Kier alpha value is -2.70. The Bertz CT molecular complexity index is 1050. The Morgan fingerprint density at radius 2 is 2.00 bits per heavy atom. The molecule has 0 amide bonds. The van der Waals surface area contributed by atoms with Gasteiger partial charge in [0.15, 0.2) is 0 Å². The Morgan fingerprint density at radius 3 is 2.87 bits per heavy atom. The molecule has 1 fully saturated rings. The number of aromatic amines is 1. The van der Waals surface area contributed by atoms with Crippen LogP contribution in [0.3, 0.4) is 0 Å². The van der Waals surface area contributed by atoms with Crippen LogP contribution in [0.1, 0.15) is 32.1 Å². The molecule has 2 aromatic carbocycles. The number of methoxy groups -OCH3 is 1. The van der Waals surface area contributed by atoms with E-state index in [0.29, 0.717) is 11.5 Å². The summed E-state index contributed by atoms with van der Waals surface area (Å²) in [5.41, 5.74) is 2.72. The lowest BCUT2D eigenvalue weighted by Gasteiger charge is -2.31. The third kappa shape index (κ3) is 5.51. The average molecular weight is 421 g/mol. The number of rotatable bonds is 9. The smallest absolute Gasteiger partial charge is 0.272 e. The molecule has 164 valence electrons. The minimum absolute atomic E-state index is 0.157. The zero-order chi connectivity index (χ0) is 21.5. The van der Waals surface area contributed by atoms with Gasteiger partial charge in [-0.15, -0.1) is 0 Å². The van der Waals surface area contributed by atoms with Gasteiger partial charge in [0.1, 0.15) is 0 Å². The van der Waals surface area contributed by atoms with Gasteiger partial charge in [0.25, 0.3) is 5.56 Å². The highest BCUT2D eigenvalue weighted by molar-refractivity contribution is 5.94. The van der Waals surface area contributed by atoms with Crippen LogP contribution in [-0.4, -0.2) is 54.5 Å². The number of hydrogen-bond donors (Lipinski definition) is 2. The van der Waals surface area contributed by atoms with Crippen LogP contribution in [0.15, 0.2) is 53.3 Å². The quantitative estimate of drug-likeness (QED) is 0.506. The maximum Gasteiger partial charge on any atom is 0.272 e. The molecule has 1 aliphatic heterocycles. The predicted molar refractivity (Wildman–Crippen MR) is 127 cm³/mol. The van der Waals surface area contributed by atoms with Gasteiger partial charge in [-0.3, -0.25) is 4.79 Å². The number of likely N-dealkylation sites (tertiary alicyclic amines) is 1. The van der Waals surface area contributed by atoms with E-state index in [4.69, 9.17) is 4.74 Å². The zero-order valence-electron chi connectivity index (χ0n) is 18.3. The van der Waals surface area contributed by atoms with Crippen LogP contribution in [0.5, 0.6) is 0 Å². The Morgan fingerprint density at radius 1 is 1.13 bits per heavy atom. The molecule has 0 radical (unpaired) electrons. The van der Waals surface area contributed by atoms with Crippen molar-refractivity contribution >= 4 is 16.5 Å². The molecule has 0 bridgehead atoms. The van der Waals surface area contributed by atoms with E-state index in [2.05, 4.69) is 32.5 Å². The number of anilines is 1. The van der Waals surface area contributed by atoms with Crippen LogP contribution in [0.25, 0.3) is 22.0 Å². The molecule has 1 aliphatic rings. The molecule has 0 saturated carbocycles. The van der Waals surface area contributed by atoms with E-state index < -0.39 is 0 Å². The summed E-state index contributed by atoms with van der Waals surface area (Å²) in [5, 5.41) is 12.0. The molecule has 4 rings (SSSR count). The van der Waals surface area contributed by atoms with Crippen molar-refractivity contribution in [2.75, 3.05) is 38.6 Å². The van der Waals surface area contributed by atoms with Crippen LogP contribution < -0.4 is 10.9 Å². The van der Waals surface area contributed by atoms with E-state index in [-0.39, 0.29) is 5.56 Å². The van der Waals surface area contributed by atoms with Crippen LogP contribution in [0, 0.1) is 0 Å². The molecular formula is C25H32N4O2. The summed E-state index contributed by atoms with van der Waals surface area (Å²) in [6, 6.07) is 15.8. The molecular weight excluding hydrogens is 388 g/mol. The Labute approximate surface area is 183 Å². The first-order valence-electron chi connectivity index (χ1n) is 11.3. The first kappa shape index (κ1) is 21.5. The average Bonchev–Trinajstić information content (AvgIpc) is 2.82. The number of piperidine rings is 1. The summed E-state index contributed by atoms with van der Waals surface area (Å²) in [4.78, 5) is 14.6. The minimum Gasteiger partial charge on any atom is -0.385 e. The van der Waals surface area contributed by atoms with Gasteiger partial charge in [0, 0.05) is 36.8 Å². The Balaban J connectivity index is 1.28. The number of benzene rings is 2. The first-order valence-corrected chi connectivity index (χ1v) is 11.3. The number of nitrogens with zero attached hydrogens (tertiary/aromatic N) is 2. The fourth-order valence-corrected chi connectivity index (χ4v) is 4.39. The number of nitrogens with one attached hydrogen (secondary N) is 2. The predicted octanol–water partition coefficient (Wildman–Crippen LogP) is 4.28. The molecule has 0 spiro atoms. The van der Waals surface area contributed by atoms with E-state index in [1.807, 2.05) is 43.5 Å². The number of H-pyrrole nitrogens is 1. The van der Waals surface area contributed by atoms with E-state index in [0.717, 1.165) is 41.8 Å². The highest BCUT2D eigenvalue weighted by Gasteiger charge is 2.18. The van der Waals surface area contributed by atoms with Crippen LogP contribution in [0.2, 0.25) is 0 Å². The monoisotopic (exact) mass is 420 g/mol. The molecule has 6 nitrogen and oxygen atoms in total. The summed E-state index contributed by atoms with van der Waals surface area (Å²) < 4.78 is 5.51. The van der Waals surface area contributed by atoms with Crippen molar-refractivity contribution in [1.82, 2.24) is 15.1 Å². The van der Waals surface area contributed by atoms with Gasteiger partial charge in [-0.25, -0.2) is 5.10 Å². The van der Waals surface area contributed by atoms with Gasteiger partial charge in [-0.2, -0.15) is 5.10 Å². The third-order valence-corrected chi connectivity index (χ3v) is 6.11. The summed E-state index contributed by atoms with van der Waals surface area (Å²) in [7, 11) is 1.82. The van der Waals surface area contributed by atoms with Crippen molar-refractivity contribution in [3.8, 4) is 11.3 Å². The van der Waals surface area contributed by atoms with Crippen molar-refractivity contribution in [2.45, 2.75) is 38.2 Å². The molecule has 31 heavy (non-hydrogen) atoms. The molecule has 2 heterocycles. The summed E-state index contributed by atoms with van der Waals surface area (Å²) in [6.45, 7) is 4.40. The van der Waals surface area contributed by atoms with Gasteiger partial charge in [0.2, 0.25) is 0 Å². The summed E-state index contributed by atoms with van der Waals surface area (Å²) >= 11 is 0. The number of unbranched alkanes of at least 4 members (excludes halogenated alkanes) is 2. The number of fused-ring (bicyclic) bond motifs is 1. The van der Waals surface area contributed by atoms with Crippen molar-refractivity contribution in [3.05, 3.63) is 58.9 Å². The van der Waals surface area contributed by atoms with E-state index in [9.17, 15) is 4.79 Å². The minimum atomic E-state index is -0.157. The molecule has 3 aromatic rings. The molecule has 0 aliphatic carbocycles. The Kier molecular flexibility index (Phi) is 7.33. The topological polar surface area (TPSA) is 70.2 Å². The van der Waals surface area contributed by atoms with Gasteiger partial charge in [0.05, 0.1) is 17.2 Å². The van der Waals surface area contributed by atoms with Crippen molar-refractivity contribution in [1.29, 1.82) is 0 Å². The summed E-state index contributed by atoms with van der Waals surface area (Å²) in [5.74, 6) is 0. The zero-order valence-corrected chi connectivity index (χ0v) is 18.3. The lowest BCUT2D eigenvalue weighted by atomic mass is 10.0. The van der Waals surface area contributed by atoms with Gasteiger partial charge < -0.3 is 15.0 Å². The van der Waals surface area contributed by atoms with Crippen LogP contribution in [-0.2, 0) is 4.74 Å². The van der Waals surface area contributed by atoms with Crippen molar-refractivity contribution in [3.63, 3.8) is 0 Å². The van der Waals surface area contributed by atoms with E-state index in [1.54, 1.807) is 0 Å². The largest absolute Gasteiger partial charge is 0.385 e. The molecule has 1 saturated heterocycles. The maximum absolute atomic E-state index is 12.0. The number of aromatic nitrogens is 2. The standard InChI is InChI=1S/C25H32N4O2/c1-31-21-11-8-16-29(18-21)15-6-2-5-14-26-20-10-7-9-19(17-20)24-22-12-3-4-13-23(22)25(30)28-27-24/h3-4,7,9-10,12-13,17,21,26H,2,5-6,8,11,14-16,18H2,1H3,(H,28,30). The summed E-state index contributed by atoms with van der Waals surface area (Å²) in [6.07, 6.45) is 6.44. The number of ether oxygens (including phenoxy) is 1. The SMILES string of the molecule is COC1CCCN(CCCCCNc2cccc(-c3n[nH]c(=O)c4ccccc34)c2)C1. The fraction of sp³-hybridized carbons (Fsp3) is 0.440. The fourth-order valence-electron chi connectivity index (χ4n) is 4.39. The lowest BCUT2D eigenvalue weighted by molar-refractivity contribution is 0.0309. The second-order valence-corrected chi connectivity index (χ2v) is 8.32. The van der Waals surface area contributed by atoms with Gasteiger partial charge in [-0.05, 0) is 57.0 Å². The molecule has 1 unspecified atom stereocenters. The third-order valence-electron chi connectivity index (χ3n) is 6.11. The number of hydrogen-bond acceptors (Lipinski definition) is 5. The molecule has 1 aromatic heterocycles. The van der Waals surface area contributed by atoms with Crippen LogP contribution >= 0.6 is 0 Å². The lowest BCUT2D eigenvalue weighted by Crippen LogP contribution is -2.39. The van der Waals surface area contributed by atoms with Gasteiger partial charge >= 0.3 is 0 Å². The molecule has 2 N–H and O–H groups in total. The second kappa shape index (κ2) is 10.6. The van der Waals surface area contributed by atoms with E-state index in [1.165, 1.54) is 38.8 Å². The maximum atomic E-state index is 12.0. The highest BCUT2D eigenvalue weighted by Crippen LogP contribution is 2.26. The first-order chi connectivity index (χ1) is 15.2.